The highest BCUT2D eigenvalue weighted by atomic mass is 32.2. The molecule has 0 spiro atoms. The van der Waals surface area contributed by atoms with E-state index in [0.717, 1.165) is 5.88 Å². The van der Waals surface area contributed by atoms with Gasteiger partial charge in [0.25, 0.3) is 0 Å². The minimum Gasteiger partial charge on any atom is -0.272 e. The largest absolute Gasteiger partial charge is 0.272 e. The Morgan fingerprint density at radius 1 is 1.25 bits per heavy atom. The van der Waals surface area contributed by atoms with Crippen molar-refractivity contribution >= 4 is 23.5 Å². The molecule has 1 aliphatic heterocycles. The highest BCUT2D eigenvalue weighted by Crippen LogP contribution is 2.36. The molecule has 0 radical (unpaired) electrons. The second kappa shape index (κ2) is 2.23. The molecule has 0 N–H and O–H groups in total. The molecule has 2 heteroatoms. The number of aliphatic imine (C=N–C) groups is 1. The summed E-state index contributed by atoms with van der Waals surface area (Å²) in [6, 6.07) is 8.43. The van der Waals surface area contributed by atoms with Crippen LogP contribution in [0.3, 0.4) is 0 Å². The quantitative estimate of drug-likeness (QED) is 0.587. The molecule has 1 heterocycles. The van der Waals surface area contributed by atoms with Crippen molar-refractivity contribution < 1.29 is 0 Å². The third kappa shape index (κ3) is 0.730. The van der Waals surface area contributed by atoms with Crippen LogP contribution in [0, 0.1) is 0 Å². The Balaban J connectivity index is 2.29. The highest BCUT2D eigenvalue weighted by Gasteiger charge is 2.23. The maximum Gasteiger partial charge on any atom is 0.0898 e. The number of rotatable bonds is 0. The predicted molar refractivity (Wildman–Crippen MR) is 53.4 cm³/mol. The first-order valence-corrected chi connectivity index (χ1v) is 4.92. The Morgan fingerprint density at radius 3 is 3.17 bits per heavy atom. The first-order valence-electron chi connectivity index (χ1n) is 3.94. The van der Waals surface area contributed by atoms with Crippen molar-refractivity contribution in [2.75, 3.05) is 5.88 Å². The maximum atomic E-state index is 4.45. The van der Waals surface area contributed by atoms with Gasteiger partial charge in [0.2, 0.25) is 0 Å². The van der Waals surface area contributed by atoms with Crippen LogP contribution in [-0.4, -0.2) is 11.6 Å². The number of thioether (sulfide) groups is 1. The van der Waals surface area contributed by atoms with Crippen molar-refractivity contribution in [2.45, 2.75) is 0 Å². The van der Waals surface area contributed by atoms with Gasteiger partial charge in [-0.25, -0.2) is 0 Å². The number of fused-ring (bicyclic) bond motifs is 3. The van der Waals surface area contributed by atoms with E-state index < -0.39 is 0 Å². The maximum absolute atomic E-state index is 4.45. The molecule has 12 heavy (non-hydrogen) atoms. The first kappa shape index (κ1) is 6.49. The fourth-order valence-corrected chi connectivity index (χ4v) is 2.47. The van der Waals surface area contributed by atoms with Crippen LogP contribution in [-0.2, 0) is 0 Å². The zero-order valence-corrected chi connectivity index (χ0v) is 7.27. The van der Waals surface area contributed by atoms with Gasteiger partial charge in [0.1, 0.15) is 0 Å². The molecule has 0 fully saturated rings. The molecule has 1 nitrogen and oxygen atoms in total. The summed E-state index contributed by atoms with van der Waals surface area (Å²) in [5.41, 5.74) is 3.83. The Labute approximate surface area is 75.2 Å². The van der Waals surface area contributed by atoms with Gasteiger partial charge in [-0.2, -0.15) is 0 Å². The second-order valence-corrected chi connectivity index (χ2v) is 3.86. The molecule has 0 amide bonds. The Bertz CT molecular complexity index is 404. The number of hydrogen-bond donors (Lipinski definition) is 0. The monoisotopic (exact) mass is 173 g/mol. The minimum atomic E-state index is 0.898. The van der Waals surface area contributed by atoms with Crippen LogP contribution in [0.15, 0.2) is 34.2 Å². The van der Waals surface area contributed by atoms with E-state index in [1.165, 1.54) is 21.7 Å². The van der Waals surface area contributed by atoms with Crippen molar-refractivity contribution in [2.24, 2.45) is 4.99 Å². The zero-order valence-electron chi connectivity index (χ0n) is 6.45. The fourth-order valence-electron chi connectivity index (χ4n) is 1.62. The van der Waals surface area contributed by atoms with Gasteiger partial charge >= 0.3 is 0 Å². The summed E-state index contributed by atoms with van der Waals surface area (Å²) in [6.45, 7) is 0. The Hall–Kier alpha value is -1.02. The number of hydrogen-bond acceptors (Lipinski definition) is 2. The standard InChI is InChI=1S/C10H7NS/c1-2-4-8-7(3-1)5-9-10(8)11-6-12-9/h1-5H,6H2. The zero-order chi connectivity index (χ0) is 7.97. The lowest BCUT2D eigenvalue weighted by molar-refractivity contribution is 1.40. The van der Waals surface area contributed by atoms with Crippen LogP contribution in [0.1, 0.15) is 11.1 Å². The first-order chi connectivity index (χ1) is 5.95. The lowest BCUT2D eigenvalue weighted by Crippen LogP contribution is -1.93. The van der Waals surface area contributed by atoms with E-state index in [-0.39, 0.29) is 0 Å². The molecule has 0 aromatic heterocycles. The van der Waals surface area contributed by atoms with Crippen LogP contribution in [0.4, 0.5) is 0 Å². The van der Waals surface area contributed by atoms with E-state index in [1.807, 2.05) is 11.8 Å². The summed E-state index contributed by atoms with van der Waals surface area (Å²) < 4.78 is 0. The van der Waals surface area contributed by atoms with Gasteiger partial charge in [-0.15, -0.1) is 11.8 Å². The molecule has 1 aromatic rings. The van der Waals surface area contributed by atoms with Crippen molar-refractivity contribution in [3.05, 3.63) is 40.3 Å². The third-order valence-corrected chi connectivity index (χ3v) is 3.06. The van der Waals surface area contributed by atoms with E-state index in [0.29, 0.717) is 0 Å². The van der Waals surface area contributed by atoms with Crippen LogP contribution in [0.25, 0.3) is 6.08 Å². The normalized spacial score (nSPS) is 18.3. The minimum absolute atomic E-state index is 0.898. The van der Waals surface area contributed by atoms with Crippen molar-refractivity contribution in [3.63, 3.8) is 0 Å². The summed E-state index contributed by atoms with van der Waals surface area (Å²) in [7, 11) is 0. The molecule has 2 aliphatic rings. The smallest absolute Gasteiger partial charge is 0.0898 e. The summed E-state index contributed by atoms with van der Waals surface area (Å²) in [5, 5.41) is 0. The summed E-state index contributed by atoms with van der Waals surface area (Å²) in [5.74, 6) is 0.898. The van der Waals surface area contributed by atoms with Gasteiger partial charge in [-0.05, 0) is 11.6 Å². The molecule has 0 unspecified atom stereocenters. The van der Waals surface area contributed by atoms with Gasteiger partial charge in [-0.3, -0.25) is 4.99 Å². The molecule has 1 aromatic carbocycles. The van der Waals surface area contributed by atoms with E-state index in [9.17, 15) is 0 Å². The number of benzene rings is 1. The Morgan fingerprint density at radius 2 is 2.17 bits per heavy atom. The van der Waals surface area contributed by atoms with Gasteiger partial charge < -0.3 is 0 Å². The molecule has 0 saturated heterocycles. The topological polar surface area (TPSA) is 12.4 Å². The van der Waals surface area contributed by atoms with Crippen LogP contribution in [0.2, 0.25) is 0 Å². The molecular formula is C10H7NS. The van der Waals surface area contributed by atoms with E-state index in [4.69, 9.17) is 0 Å². The molecule has 0 saturated carbocycles. The third-order valence-electron chi connectivity index (χ3n) is 2.18. The van der Waals surface area contributed by atoms with Gasteiger partial charge in [-0.1, -0.05) is 24.3 Å². The van der Waals surface area contributed by atoms with Crippen LogP contribution < -0.4 is 0 Å². The van der Waals surface area contributed by atoms with E-state index >= 15 is 0 Å². The van der Waals surface area contributed by atoms with Gasteiger partial charge in [0.05, 0.1) is 11.6 Å². The lowest BCUT2D eigenvalue weighted by atomic mass is 10.1. The molecule has 0 bridgehead atoms. The number of allylic oxidation sites excluding steroid dienone is 1. The Kier molecular flexibility index (Phi) is 1.21. The lowest BCUT2D eigenvalue weighted by Gasteiger charge is -1.96. The van der Waals surface area contributed by atoms with Gasteiger partial charge in [0.15, 0.2) is 0 Å². The van der Waals surface area contributed by atoms with Gasteiger partial charge in [0, 0.05) is 10.5 Å². The van der Waals surface area contributed by atoms with Crippen molar-refractivity contribution in [1.29, 1.82) is 0 Å². The average molecular weight is 173 g/mol. The molecule has 0 atom stereocenters. The van der Waals surface area contributed by atoms with Crippen LogP contribution >= 0.6 is 11.8 Å². The highest BCUT2D eigenvalue weighted by molar-refractivity contribution is 8.04. The SMILES string of the molecule is C1=C2SCN=C2c2ccccc21. The van der Waals surface area contributed by atoms with Crippen molar-refractivity contribution in [1.82, 2.24) is 0 Å². The number of nitrogens with zero attached hydrogens (tertiary/aromatic N) is 1. The van der Waals surface area contributed by atoms with Crippen molar-refractivity contribution in [3.8, 4) is 0 Å². The molecule has 58 valence electrons. The van der Waals surface area contributed by atoms with Crippen LogP contribution in [0.5, 0.6) is 0 Å². The predicted octanol–water partition coefficient (Wildman–Crippen LogP) is 2.53. The molecule has 1 aliphatic carbocycles. The fraction of sp³-hybridized carbons (Fsp3) is 0.100. The average Bonchev–Trinajstić information content (AvgIpc) is 2.62. The molecule has 3 rings (SSSR count). The summed E-state index contributed by atoms with van der Waals surface area (Å²) in [4.78, 5) is 5.79. The summed E-state index contributed by atoms with van der Waals surface area (Å²) in [6.07, 6.45) is 2.23. The molecular weight excluding hydrogens is 166 g/mol. The second-order valence-electron chi connectivity index (χ2n) is 2.88. The van der Waals surface area contributed by atoms with E-state index in [1.54, 1.807) is 0 Å². The van der Waals surface area contributed by atoms with E-state index in [2.05, 4.69) is 35.3 Å². The summed E-state index contributed by atoms with van der Waals surface area (Å²) >= 11 is 1.83.